The smallest absolute Gasteiger partial charge is 0.144 e. The van der Waals surface area contributed by atoms with Gasteiger partial charge in [0.2, 0.25) is 0 Å². The number of pyridine rings is 1. The first-order valence-electron chi connectivity index (χ1n) is 5.26. The van der Waals surface area contributed by atoms with Crippen LogP contribution < -0.4 is 10.9 Å². The van der Waals surface area contributed by atoms with Crippen LogP contribution in [0.1, 0.15) is 11.3 Å². The van der Waals surface area contributed by atoms with E-state index in [0.29, 0.717) is 0 Å². The largest absolute Gasteiger partial charge is 0.300 e. The molecule has 0 amide bonds. The van der Waals surface area contributed by atoms with Crippen molar-refractivity contribution in [1.82, 2.24) is 4.98 Å². The molecule has 0 bridgehead atoms. The number of aromatic nitrogens is 1. The Kier molecular flexibility index (Phi) is 3.05. The third-order valence-corrected chi connectivity index (χ3v) is 2.21. The first kappa shape index (κ1) is 10.5. The SMILES string of the molecule is Cc1cc(C)nc(NNc2ccccc2)c1. The lowest BCUT2D eigenvalue weighted by Crippen LogP contribution is -2.10. The van der Waals surface area contributed by atoms with Crippen LogP contribution in [0.3, 0.4) is 0 Å². The quantitative estimate of drug-likeness (QED) is 0.769. The first-order chi connectivity index (χ1) is 7.74. The molecule has 0 saturated carbocycles. The van der Waals surface area contributed by atoms with E-state index in [1.165, 1.54) is 5.56 Å². The van der Waals surface area contributed by atoms with Gasteiger partial charge in [-0.15, -0.1) is 0 Å². The summed E-state index contributed by atoms with van der Waals surface area (Å²) >= 11 is 0. The van der Waals surface area contributed by atoms with Gasteiger partial charge in [-0.3, -0.25) is 10.9 Å². The highest BCUT2D eigenvalue weighted by Gasteiger charge is 1.96. The number of benzene rings is 1. The summed E-state index contributed by atoms with van der Waals surface area (Å²) < 4.78 is 0. The van der Waals surface area contributed by atoms with E-state index in [1.807, 2.05) is 49.4 Å². The van der Waals surface area contributed by atoms with Gasteiger partial charge < -0.3 is 0 Å². The highest BCUT2D eigenvalue weighted by Crippen LogP contribution is 2.10. The average molecular weight is 213 g/mol. The summed E-state index contributed by atoms with van der Waals surface area (Å²) in [5, 5.41) is 0. The molecule has 3 nitrogen and oxygen atoms in total. The number of hydrazine groups is 1. The normalized spacial score (nSPS) is 9.88. The summed E-state index contributed by atoms with van der Waals surface area (Å²) in [4.78, 5) is 4.38. The second kappa shape index (κ2) is 4.66. The van der Waals surface area contributed by atoms with Crippen LogP contribution in [-0.2, 0) is 0 Å². The fourth-order valence-corrected chi connectivity index (χ4v) is 1.56. The summed E-state index contributed by atoms with van der Waals surface area (Å²) in [6, 6.07) is 14.0. The zero-order valence-electron chi connectivity index (χ0n) is 9.49. The fourth-order valence-electron chi connectivity index (χ4n) is 1.56. The molecule has 3 heteroatoms. The summed E-state index contributed by atoms with van der Waals surface area (Å²) in [6.07, 6.45) is 0. The molecule has 0 unspecified atom stereocenters. The van der Waals surface area contributed by atoms with Crippen molar-refractivity contribution < 1.29 is 0 Å². The van der Waals surface area contributed by atoms with Gasteiger partial charge in [0, 0.05) is 5.69 Å². The molecule has 0 saturated heterocycles. The third kappa shape index (κ3) is 2.73. The van der Waals surface area contributed by atoms with Crippen molar-refractivity contribution in [2.45, 2.75) is 13.8 Å². The Labute approximate surface area is 95.5 Å². The van der Waals surface area contributed by atoms with E-state index >= 15 is 0 Å². The van der Waals surface area contributed by atoms with Crippen molar-refractivity contribution in [2.24, 2.45) is 0 Å². The molecule has 1 heterocycles. The Morgan fingerprint density at radius 3 is 2.38 bits per heavy atom. The van der Waals surface area contributed by atoms with Gasteiger partial charge in [0.05, 0.1) is 5.69 Å². The van der Waals surface area contributed by atoms with E-state index in [4.69, 9.17) is 0 Å². The number of nitrogens with one attached hydrogen (secondary N) is 2. The molecule has 0 spiro atoms. The first-order valence-corrected chi connectivity index (χ1v) is 5.26. The summed E-state index contributed by atoms with van der Waals surface area (Å²) in [5.41, 5.74) is 9.41. The number of aryl methyl sites for hydroxylation is 2. The second-order valence-electron chi connectivity index (χ2n) is 3.79. The lowest BCUT2D eigenvalue weighted by atomic mass is 10.2. The van der Waals surface area contributed by atoms with Gasteiger partial charge in [0.1, 0.15) is 5.82 Å². The van der Waals surface area contributed by atoms with Crippen molar-refractivity contribution in [1.29, 1.82) is 0 Å². The zero-order valence-corrected chi connectivity index (χ0v) is 9.49. The van der Waals surface area contributed by atoms with Crippen LogP contribution in [0.4, 0.5) is 11.5 Å². The number of nitrogens with zero attached hydrogens (tertiary/aromatic N) is 1. The molecule has 0 aliphatic rings. The third-order valence-electron chi connectivity index (χ3n) is 2.21. The molecule has 0 aliphatic carbocycles. The van der Waals surface area contributed by atoms with Crippen LogP contribution in [0.2, 0.25) is 0 Å². The molecule has 1 aromatic heterocycles. The summed E-state index contributed by atoms with van der Waals surface area (Å²) in [6.45, 7) is 4.04. The van der Waals surface area contributed by atoms with Crippen molar-refractivity contribution >= 4 is 11.5 Å². The zero-order chi connectivity index (χ0) is 11.4. The second-order valence-corrected chi connectivity index (χ2v) is 3.79. The standard InChI is InChI=1S/C13H15N3/c1-10-8-11(2)14-13(9-10)16-15-12-6-4-3-5-7-12/h3-9,15H,1-2H3,(H,14,16). The minimum absolute atomic E-state index is 0.835. The molecule has 0 fully saturated rings. The maximum atomic E-state index is 4.38. The van der Waals surface area contributed by atoms with E-state index in [2.05, 4.69) is 22.8 Å². The lowest BCUT2D eigenvalue weighted by molar-refractivity contribution is 1.16. The number of hydrogen-bond donors (Lipinski definition) is 2. The van der Waals surface area contributed by atoms with Gasteiger partial charge >= 0.3 is 0 Å². The number of anilines is 2. The Bertz CT molecular complexity index is 446. The molecule has 0 aliphatic heterocycles. The van der Waals surface area contributed by atoms with Crippen LogP contribution in [0.25, 0.3) is 0 Å². The highest BCUT2D eigenvalue weighted by atomic mass is 15.4. The molecule has 16 heavy (non-hydrogen) atoms. The lowest BCUT2D eigenvalue weighted by Gasteiger charge is -2.09. The van der Waals surface area contributed by atoms with Gasteiger partial charge in [0.25, 0.3) is 0 Å². The molecular weight excluding hydrogens is 198 g/mol. The Morgan fingerprint density at radius 1 is 0.938 bits per heavy atom. The van der Waals surface area contributed by atoms with Crippen LogP contribution >= 0.6 is 0 Å². The minimum atomic E-state index is 0.835. The number of hydrogen-bond acceptors (Lipinski definition) is 3. The molecule has 2 aromatic rings. The van der Waals surface area contributed by atoms with E-state index in [9.17, 15) is 0 Å². The molecule has 2 rings (SSSR count). The number of para-hydroxylation sites is 1. The van der Waals surface area contributed by atoms with E-state index < -0.39 is 0 Å². The maximum Gasteiger partial charge on any atom is 0.144 e. The van der Waals surface area contributed by atoms with Crippen LogP contribution in [0.15, 0.2) is 42.5 Å². The van der Waals surface area contributed by atoms with Crippen LogP contribution in [-0.4, -0.2) is 4.98 Å². The van der Waals surface area contributed by atoms with Gasteiger partial charge in [-0.2, -0.15) is 0 Å². The van der Waals surface area contributed by atoms with E-state index in [0.717, 1.165) is 17.2 Å². The molecule has 0 radical (unpaired) electrons. The predicted octanol–water partition coefficient (Wildman–Crippen LogP) is 3.14. The molecule has 2 N–H and O–H groups in total. The average Bonchev–Trinajstić information content (AvgIpc) is 2.27. The van der Waals surface area contributed by atoms with Gasteiger partial charge in [-0.1, -0.05) is 18.2 Å². The minimum Gasteiger partial charge on any atom is -0.300 e. The monoisotopic (exact) mass is 213 g/mol. The Balaban J connectivity index is 2.05. The summed E-state index contributed by atoms with van der Waals surface area (Å²) in [5.74, 6) is 0.835. The van der Waals surface area contributed by atoms with Crippen molar-refractivity contribution in [3.05, 3.63) is 53.7 Å². The van der Waals surface area contributed by atoms with Crippen molar-refractivity contribution in [3.63, 3.8) is 0 Å². The molecular formula is C13H15N3. The Hall–Kier alpha value is -2.03. The van der Waals surface area contributed by atoms with Crippen LogP contribution in [0.5, 0.6) is 0 Å². The van der Waals surface area contributed by atoms with E-state index in [1.54, 1.807) is 0 Å². The fraction of sp³-hybridized carbons (Fsp3) is 0.154. The van der Waals surface area contributed by atoms with E-state index in [-0.39, 0.29) is 0 Å². The number of rotatable bonds is 3. The molecule has 82 valence electrons. The van der Waals surface area contributed by atoms with Crippen molar-refractivity contribution in [3.8, 4) is 0 Å². The Morgan fingerprint density at radius 2 is 1.69 bits per heavy atom. The van der Waals surface area contributed by atoms with Gasteiger partial charge in [0.15, 0.2) is 0 Å². The highest BCUT2D eigenvalue weighted by molar-refractivity contribution is 5.49. The topological polar surface area (TPSA) is 37.0 Å². The van der Waals surface area contributed by atoms with Gasteiger partial charge in [-0.05, 0) is 43.7 Å². The summed E-state index contributed by atoms with van der Waals surface area (Å²) in [7, 11) is 0. The molecule has 0 atom stereocenters. The maximum absolute atomic E-state index is 4.38. The predicted molar refractivity (Wildman–Crippen MR) is 67.4 cm³/mol. The van der Waals surface area contributed by atoms with Crippen LogP contribution in [0, 0.1) is 13.8 Å². The molecule has 1 aromatic carbocycles. The van der Waals surface area contributed by atoms with Gasteiger partial charge in [-0.25, -0.2) is 4.98 Å². The van der Waals surface area contributed by atoms with Crippen molar-refractivity contribution in [2.75, 3.05) is 10.9 Å².